The second-order valence-electron chi connectivity index (χ2n) is 5.56. The first-order chi connectivity index (χ1) is 10.2. The molecule has 112 valence electrons. The predicted molar refractivity (Wildman–Crippen MR) is 86.0 cm³/mol. The third-order valence-corrected chi connectivity index (χ3v) is 3.96. The second kappa shape index (κ2) is 5.52. The van der Waals surface area contributed by atoms with Crippen LogP contribution in [0.25, 0.3) is 10.8 Å². The molecule has 22 heavy (non-hydrogen) atoms. The van der Waals surface area contributed by atoms with E-state index in [1.54, 1.807) is 0 Å². The summed E-state index contributed by atoms with van der Waals surface area (Å²) in [4.78, 5) is 2.08. The van der Waals surface area contributed by atoms with Crippen LogP contribution in [0, 0.1) is 0 Å². The number of ether oxygens (including phenoxy) is 1. The van der Waals surface area contributed by atoms with Crippen molar-refractivity contribution in [3.63, 3.8) is 0 Å². The molecule has 0 radical (unpaired) electrons. The van der Waals surface area contributed by atoms with Gasteiger partial charge in [-0.3, -0.25) is 5.32 Å². The molecule has 2 N–H and O–H groups in total. The van der Waals surface area contributed by atoms with Crippen molar-refractivity contribution >= 4 is 27.8 Å². The molecule has 0 unspecified atom stereocenters. The predicted octanol–water partition coefficient (Wildman–Crippen LogP) is 0.542. The van der Waals surface area contributed by atoms with Crippen molar-refractivity contribution in [1.82, 2.24) is 0 Å². The van der Waals surface area contributed by atoms with Crippen molar-refractivity contribution in [2.24, 2.45) is 0 Å². The number of benzene rings is 3. The molecular weight excluding hydrogens is 296 g/mol. The van der Waals surface area contributed by atoms with Crippen LogP contribution in [-0.4, -0.2) is 14.1 Å². The molecule has 0 saturated carbocycles. The quantitative estimate of drug-likeness (QED) is 0.520. The topological polar surface area (TPSA) is 29.1 Å². The van der Waals surface area contributed by atoms with E-state index in [4.69, 9.17) is 4.74 Å². The molecule has 3 aromatic carbocycles. The summed E-state index contributed by atoms with van der Waals surface area (Å²) in [5.74, 6) is 1.85. The fraction of sp³-hybridized carbons (Fsp3) is 0.111. The van der Waals surface area contributed by atoms with E-state index in [9.17, 15) is 0 Å². The van der Waals surface area contributed by atoms with E-state index in [2.05, 4.69) is 64.8 Å². The molecule has 0 aromatic heterocycles. The maximum Gasteiger partial charge on any atom is 0.190 e. The third-order valence-electron chi connectivity index (χ3n) is 3.96. The molecule has 4 rings (SSSR count). The number of quaternary nitrogens is 1. The molecule has 1 heterocycles. The summed E-state index contributed by atoms with van der Waals surface area (Å²) < 4.78 is 6.12. The number of hydrogen-bond donors (Lipinski definition) is 1. The van der Waals surface area contributed by atoms with Crippen LogP contribution in [0.2, 0.25) is 0 Å². The summed E-state index contributed by atoms with van der Waals surface area (Å²) in [6.45, 7) is 0. The SMILES string of the molecule is CN(C)c1ccc2c(c1)Oc1ccc3ccccc3c1[NH2+]2.[Cl-]. The van der Waals surface area contributed by atoms with Gasteiger partial charge in [-0.05, 0) is 23.6 Å². The number of anilines is 1. The van der Waals surface area contributed by atoms with Crippen LogP contribution in [0.15, 0.2) is 54.6 Å². The van der Waals surface area contributed by atoms with Gasteiger partial charge in [0.1, 0.15) is 0 Å². The maximum absolute atomic E-state index is 6.12. The minimum Gasteiger partial charge on any atom is -1.00 e. The zero-order chi connectivity index (χ0) is 14.4. The highest BCUT2D eigenvalue weighted by Gasteiger charge is 2.23. The largest absolute Gasteiger partial charge is 1.00 e. The Morgan fingerprint density at radius 3 is 2.55 bits per heavy atom. The van der Waals surface area contributed by atoms with Gasteiger partial charge in [0.15, 0.2) is 22.9 Å². The summed E-state index contributed by atoms with van der Waals surface area (Å²) in [6.07, 6.45) is 0. The lowest BCUT2D eigenvalue weighted by atomic mass is 10.1. The Morgan fingerprint density at radius 1 is 0.909 bits per heavy atom. The van der Waals surface area contributed by atoms with Crippen LogP contribution in [-0.2, 0) is 0 Å². The van der Waals surface area contributed by atoms with Crippen molar-refractivity contribution in [3.05, 3.63) is 54.6 Å². The van der Waals surface area contributed by atoms with E-state index in [0.717, 1.165) is 22.9 Å². The highest BCUT2D eigenvalue weighted by molar-refractivity contribution is 5.94. The van der Waals surface area contributed by atoms with Gasteiger partial charge in [-0.25, -0.2) is 0 Å². The molecular formula is C18H17ClN2O. The van der Waals surface area contributed by atoms with Gasteiger partial charge in [-0.15, -0.1) is 0 Å². The molecule has 0 saturated heterocycles. The minimum atomic E-state index is 0. The molecule has 3 aromatic rings. The maximum atomic E-state index is 6.12. The summed E-state index contributed by atoms with van der Waals surface area (Å²) in [6, 6.07) is 18.9. The molecule has 0 spiro atoms. The molecule has 0 bridgehead atoms. The first-order valence-corrected chi connectivity index (χ1v) is 7.08. The average molecular weight is 313 g/mol. The van der Waals surface area contributed by atoms with Gasteiger partial charge in [-0.1, -0.05) is 24.3 Å². The standard InChI is InChI=1S/C18H16N2O.ClH/c1-20(2)13-8-9-15-17(11-13)21-16-10-7-12-5-3-4-6-14(12)18(16)19-15;/h3-11,19H,1-2H3;1H. The Balaban J connectivity index is 0.00000144. The lowest BCUT2D eigenvalue weighted by Crippen LogP contribution is -3.00. The van der Waals surface area contributed by atoms with Gasteiger partial charge in [-0.2, -0.15) is 0 Å². The van der Waals surface area contributed by atoms with Gasteiger partial charge in [0, 0.05) is 37.3 Å². The minimum absolute atomic E-state index is 0. The number of hydrogen-bond acceptors (Lipinski definition) is 2. The van der Waals surface area contributed by atoms with Crippen molar-refractivity contribution < 1.29 is 22.5 Å². The number of fused-ring (bicyclic) bond motifs is 4. The summed E-state index contributed by atoms with van der Waals surface area (Å²) in [7, 11) is 4.07. The Kier molecular flexibility index (Phi) is 3.69. The molecule has 0 amide bonds. The van der Waals surface area contributed by atoms with Gasteiger partial charge in [0.25, 0.3) is 0 Å². The van der Waals surface area contributed by atoms with Crippen LogP contribution < -0.4 is 27.4 Å². The Hall–Kier alpha value is -2.23. The highest BCUT2D eigenvalue weighted by Crippen LogP contribution is 2.40. The first kappa shape index (κ1) is 14.7. The van der Waals surface area contributed by atoms with Crippen LogP contribution in [0.3, 0.4) is 0 Å². The van der Waals surface area contributed by atoms with Gasteiger partial charge >= 0.3 is 0 Å². The van der Waals surface area contributed by atoms with E-state index in [1.807, 2.05) is 14.1 Å². The monoisotopic (exact) mass is 312 g/mol. The molecule has 4 heteroatoms. The highest BCUT2D eigenvalue weighted by atomic mass is 35.5. The van der Waals surface area contributed by atoms with Crippen molar-refractivity contribution in [1.29, 1.82) is 0 Å². The Morgan fingerprint density at radius 2 is 1.73 bits per heavy atom. The Bertz CT molecular complexity index is 846. The molecule has 1 aliphatic rings. The summed E-state index contributed by atoms with van der Waals surface area (Å²) >= 11 is 0. The van der Waals surface area contributed by atoms with E-state index in [0.29, 0.717) is 0 Å². The molecule has 0 aliphatic carbocycles. The first-order valence-electron chi connectivity index (χ1n) is 7.08. The van der Waals surface area contributed by atoms with Crippen LogP contribution in [0.5, 0.6) is 11.5 Å². The third kappa shape index (κ3) is 2.28. The smallest absolute Gasteiger partial charge is 0.190 e. The second-order valence-corrected chi connectivity index (χ2v) is 5.56. The van der Waals surface area contributed by atoms with Crippen LogP contribution in [0.4, 0.5) is 17.1 Å². The molecule has 0 atom stereocenters. The van der Waals surface area contributed by atoms with Crippen LogP contribution in [0.1, 0.15) is 0 Å². The van der Waals surface area contributed by atoms with E-state index in [1.165, 1.54) is 16.5 Å². The fourth-order valence-electron chi connectivity index (χ4n) is 2.80. The van der Waals surface area contributed by atoms with Gasteiger partial charge in [0.2, 0.25) is 0 Å². The number of nitrogens with two attached hydrogens (primary N) is 1. The lowest BCUT2D eigenvalue weighted by Gasteiger charge is -2.21. The van der Waals surface area contributed by atoms with Gasteiger partial charge in [0.05, 0.1) is 0 Å². The lowest BCUT2D eigenvalue weighted by molar-refractivity contribution is -0.481. The number of nitrogens with zero attached hydrogens (tertiary/aromatic N) is 1. The molecule has 3 nitrogen and oxygen atoms in total. The van der Waals surface area contributed by atoms with Crippen molar-refractivity contribution in [3.8, 4) is 11.5 Å². The number of rotatable bonds is 1. The summed E-state index contributed by atoms with van der Waals surface area (Å²) in [5, 5.41) is 4.69. The van der Waals surface area contributed by atoms with E-state index >= 15 is 0 Å². The van der Waals surface area contributed by atoms with E-state index < -0.39 is 0 Å². The Labute approximate surface area is 135 Å². The summed E-state index contributed by atoms with van der Waals surface area (Å²) in [5.41, 5.74) is 3.44. The molecule has 1 aliphatic heterocycles. The van der Waals surface area contributed by atoms with E-state index in [-0.39, 0.29) is 12.4 Å². The zero-order valence-electron chi connectivity index (χ0n) is 12.5. The van der Waals surface area contributed by atoms with Gasteiger partial charge < -0.3 is 22.0 Å². The van der Waals surface area contributed by atoms with Crippen LogP contribution >= 0.6 is 0 Å². The molecule has 0 fully saturated rings. The van der Waals surface area contributed by atoms with Crippen molar-refractivity contribution in [2.45, 2.75) is 0 Å². The zero-order valence-corrected chi connectivity index (χ0v) is 13.3. The fourth-order valence-corrected chi connectivity index (χ4v) is 2.80. The number of halogens is 1. The van der Waals surface area contributed by atoms with Crippen molar-refractivity contribution in [2.75, 3.05) is 19.0 Å². The normalized spacial score (nSPS) is 11.9. The average Bonchev–Trinajstić information content (AvgIpc) is 2.52.